The van der Waals surface area contributed by atoms with Crippen LogP contribution in [0.3, 0.4) is 0 Å². The van der Waals surface area contributed by atoms with Crippen LogP contribution < -0.4 is 10.1 Å². The molecule has 5 heteroatoms. The predicted molar refractivity (Wildman–Crippen MR) is 87.4 cm³/mol. The third-order valence-corrected chi connectivity index (χ3v) is 4.43. The summed E-state index contributed by atoms with van der Waals surface area (Å²) >= 11 is 7.13. The Labute approximate surface area is 130 Å². The first-order valence-electron chi connectivity index (χ1n) is 6.08. The number of hydrogen-bond donors (Lipinski definition) is 1. The molecule has 0 amide bonds. The third-order valence-electron chi connectivity index (χ3n) is 3.24. The second kappa shape index (κ2) is 5.67. The molecule has 0 spiro atoms. The lowest BCUT2D eigenvalue weighted by Crippen LogP contribution is -2.03. The Morgan fingerprint density at radius 1 is 1.32 bits per heavy atom. The Kier molecular flexibility index (Phi) is 4.36. The number of benzene rings is 1. The molecule has 0 aliphatic carbocycles. The standard InChI is InChI=1S/C14H16Br2N2O/c1-5-8-7(2)18-13-9(15)6-10(16)14(19-4)11(13)12(8)17-3/h6H,5H2,1-4H3,(H,17,18). The predicted octanol–water partition coefficient (Wildman–Crippen LogP) is 4.68. The zero-order valence-electron chi connectivity index (χ0n) is 11.4. The van der Waals surface area contributed by atoms with Crippen molar-refractivity contribution in [3.63, 3.8) is 0 Å². The minimum absolute atomic E-state index is 0.810. The molecule has 1 aromatic heterocycles. The summed E-state index contributed by atoms with van der Waals surface area (Å²) in [6.07, 6.45) is 0.929. The molecule has 1 heterocycles. The van der Waals surface area contributed by atoms with Crippen LogP contribution in [0.15, 0.2) is 15.0 Å². The largest absolute Gasteiger partial charge is 0.495 e. The van der Waals surface area contributed by atoms with Gasteiger partial charge in [0.25, 0.3) is 0 Å². The van der Waals surface area contributed by atoms with Crippen molar-refractivity contribution in [3.05, 3.63) is 26.3 Å². The van der Waals surface area contributed by atoms with Gasteiger partial charge in [-0.1, -0.05) is 6.92 Å². The topological polar surface area (TPSA) is 34.1 Å². The van der Waals surface area contributed by atoms with Crippen molar-refractivity contribution >= 4 is 48.5 Å². The molecule has 0 saturated heterocycles. The molecular weight excluding hydrogens is 372 g/mol. The maximum Gasteiger partial charge on any atom is 0.144 e. The van der Waals surface area contributed by atoms with E-state index in [9.17, 15) is 0 Å². The molecule has 0 bridgehead atoms. The van der Waals surface area contributed by atoms with E-state index in [0.29, 0.717) is 0 Å². The van der Waals surface area contributed by atoms with Crippen LogP contribution >= 0.6 is 31.9 Å². The first kappa shape index (κ1) is 14.6. The van der Waals surface area contributed by atoms with E-state index in [4.69, 9.17) is 9.72 Å². The van der Waals surface area contributed by atoms with Crippen molar-refractivity contribution in [2.24, 2.45) is 0 Å². The van der Waals surface area contributed by atoms with Crippen LogP contribution in [0.2, 0.25) is 0 Å². The number of nitrogens with zero attached hydrogens (tertiary/aromatic N) is 1. The highest BCUT2D eigenvalue weighted by Gasteiger charge is 2.18. The van der Waals surface area contributed by atoms with Gasteiger partial charge in [-0.2, -0.15) is 0 Å². The summed E-state index contributed by atoms with van der Waals surface area (Å²) in [5.41, 5.74) is 4.27. The van der Waals surface area contributed by atoms with Crippen LogP contribution in [0.1, 0.15) is 18.2 Å². The lowest BCUT2D eigenvalue weighted by Gasteiger charge is -2.18. The normalized spacial score (nSPS) is 10.8. The van der Waals surface area contributed by atoms with Crippen LogP contribution in [-0.4, -0.2) is 19.1 Å². The van der Waals surface area contributed by atoms with Gasteiger partial charge in [-0.25, -0.2) is 0 Å². The molecule has 1 aromatic carbocycles. The summed E-state index contributed by atoms with van der Waals surface area (Å²) in [6.45, 7) is 4.18. The van der Waals surface area contributed by atoms with Crippen molar-refractivity contribution in [2.45, 2.75) is 20.3 Å². The fourth-order valence-corrected chi connectivity index (χ4v) is 3.82. The van der Waals surface area contributed by atoms with Crippen LogP contribution in [0.4, 0.5) is 5.69 Å². The molecule has 19 heavy (non-hydrogen) atoms. The lowest BCUT2D eigenvalue weighted by atomic mass is 10.0. The molecule has 0 aliphatic heterocycles. The molecule has 0 aliphatic rings. The van der Waals surface area contributed by atoms with E-state index >= 15 is 0 Å². The van der Waals surface area contributed by atoms with Crippen molar-refractivity contribution in [1.82, 2.24) is 4.98 Å². The number of methoxy groups -OCH3 is 1. The van der Waals surface area contributed by atoms with Gasteiger partial charge in [0.15, 0.2) is 0 Å². The number of nitrogens with one attached hydrogen (secondary N) is 1. The van der Waals surface area contributed by atoms with Crippen LogP contribution in [0.5, 0.6) is 5.75 Å². The molecule has 1 N–H and O–H groups in total. The number of rotatable bonds is 3. The number of fused-ring (bicyclic) bond motifs is 1. The van der Waals surface area contributed by atoms with Gasteiger partial charge in [0, 0.05) is 17.2 Å². The zero-order valence-corrected chi connectivity index (χ0v) is 14.6. The molecule has 3 nitrogen and oxygen atoms in total. The average molecular weight is 388 g/mol. The molecule has 0 unspecified atom stereocenters. The number of hydrogen-bond acceptors (Lipinski definition) is 3. The number of anilines is 1. The maximum atomic E-state index is 5.55. The Bertz CT molecular complexity index is 641. The van der Waals surface area contributed by atoms with Gasteiger partial charge in [-0.3, -0.25) is 4.98 Å². The molecule has 0 radical (unpaired) electrons. The highest BCUT2D eigenvalue weighted by Crippen LogP contribution is 2.43. The van der Waals surface area contributed by atoms with Crippen molar-refractivity contribution in [1.29, 1.82) is 0 Å². The minimum Gasteiger partial charge on any atom is -0.495 e. The van der Waals surface area contributed by atoms with E-state index < -0.39 is 0 Å². The molecule has 0 atom stereocenters. The Hall–Kier alpha value is -0.810. The summed E-state index contributed by atoms with van der Waals surface area (Å²) in [5.74, 6) is 0.810. The van der Waals surface area contributed by atoms with Gasteiger partial charge in [-0.15, -0.1) is 0 Å². The SMILES string of the molecule is CCc1c(C)nc2c(Br)cc(Br)c(OC)c2c1NC. The summed E-state index contributed by atoms with van der Waals surface area (Å²) in [4.78, 5) is 4.72. The second-order valence-corrected chi connectivity index (χ2v) is 5.96. The zero-order chi connectivity index (χ0) is 14.2. The average Bonchev–Trinajstić information content (AvgIpc) is 2.38. The summed E-state index contributed by atoms with van der Waals surface area (Å²) in [7, 11) is 3.61. The van der Waals surface area contributed by atoms with Crippen molar-refractivity contribution in [2.75, 3.05) is 19.5 Å². The number of aryl methyl sites for hydroxylation is 1. The van der Waals surface area contributed by atoms with Gasteiger partial charge < -0.3 is 10.1 Å². The Morgan fingerprint density at radius 3 is 2.53 bits per heavy atom. The fourth-order valence-electron chi connectivity index (χ4n) is 2.41. The van der Waals surface area contributed by atoms with Gasteiger partial charge in [0.2, 0.25) is 0 Å². The monoisotopic (exact) mass is 386 g/mol. The van der Waals surface area contributed by atoms with Crippen LogP contribution in [0.25, 0.3) is 10.9 Å². The van der Waals surface area contributed by atoms with Crippen molar-refractivity contribution in [3.8, 4) is 5.75 Å². The quantitative estimate of drug-likeness (QED) is 0.829. The van der Waals surface area contributed by atoms with Gasteiger partial charge in [-0.05, 0) is 56.8 Å². The van der Waals surface area contributed by atoms with Crippen LogP contribution in [0, 0.1) is 6.92 Å². The summed E-state index contributed by atoms with van der Waals surface area (Å²) in [5, 5.41) is 4.31. The van der Waals surface area contributed by atoms with E-state index in [-0.39, 0.29) is 0 Å². The molecule has 2 aromatic rings. The molecule has 2 rings (SSSR count). The minimum atomic E-state index is 0.810. The van der Waals surface area contributed by atoms with E-state index in [1.165, 1.54) is 5.56 Å². The highest BCUT2D eigenvalue weighted by molar-refractivity contribution is 9.11. The third kappa shape index (κ3) is 2.34. The molecule has 0 fully saturated rings. The van der Waals surface area contributed by atoms with E-state index in [1.807, 2.05) is 20.0 Å². The summed E-state index contributed by atoms with van der Waals surface area (Å²) in [6, 6.07) is 1.97. The van der Waals surface area contributed by atoms with Gasteiger partial charge in [0.05, 0.1) is 28.2 Å². The Balaban J connectivity index is 3.03. The van der Waals surface area contributed by atoms with Gasteiger partial charge in [0.1, 0.15) is 5.75 Å². The number of ether oxygens (including phenoxy) is 1. The highest BCUT2D eigenvalue weighted by atomic mass is 79.9. The van der Waals surface area contributed by atoms with E-state index in [1.54, 1.807) is 7.11 Å². The van der Waals surface area contributed by atoms with E-state index in [0.717, 1.165) is 43.4 Å². The lowest BCUT2D eigenvalue weighted by molar-refractivity contribution is 0.417. The molecular formula is C14H16Br2N2O. The first-order valence-corrected chi connectivity index (χ1v) is 7.66. The van der Waals surface area contributed by atoms with Crippen LogP contribution in [-0.2, 0) is 6.42 Å². The molecule has 0 saturated carbocycles. The van der Waals surface area contributed by atoms with Crippen molar-refractivity contribution < 1.29 is 4.74 Å². The fraction of sp³-hybridized carbons (Fsp3) is 0.357. The number of aromatic nitrogens is 1. The Morgan fingerprint density at radius 2 is 2.00 bits per heavy atom. The first-order chi connectivity index (χ1) is 9.04. The maximum absolute atomic E-state index is 5.55. The smallest absolute Gasteiger partial charge is 0.144 e. The second-order valence-electron chi connectivity index (χ2n) is 4.25. The molecule has 102 valence electrons. The number of pyridine rings is 1. The van der Waals surface area contributed by atoms with E-state index in [2.05, 4.69) is 44.1 Å². The number of halogens is 2. The van der Waals surface area contributed by atoms with Gasteiger partial charge >= 0.3 is 0 Å². The summed E-state index contributed by atoms with van der Waals surface area (Å²) < 4.78 is 7.42.